The highest BCUT2D eigenvalue weighted by atomic mass is 16.3. The maximum atomic E-state index is 13.0. The van der Waals surface area contributed by atoms with Crippen LogP contribution in [0.4, 0.5) is 0 Å². The Kier molecular flexibility index (Phi) is 3.03. The minimum Gasteiger partial charge on any atom is -0.472 e. The number of amides is 1. The molecule has 4 aromatic rings. The lowest BCUT2D eigenvalue weighted by Gasteiger charge is -2.33. The van der Waals surface area contributed by atoms with Crippen molar-refractivity contribution in [2.45, 2.75) is 12.5 Å². The summed E-state index contributed by atoms with van der Waals surface area (Å²) in [7, 11) is 0. The van der Waals surface area contributed by atoms with Crippen LogP contribution in [0.3, 0.4) is 0 Å². The van der Waals surface area contributed by atoms with E-state index in [1.807, 2.05) is 30.3 Å². The summed E-state index contributed by atoms with van der Waals surface area (Å²) in [5.41, 5.74) is 3.21. The van der Waals surface area contributed by atoms with Crippen molar-refractivity contribution in [3.05, 3.63) is 78.0 Å². The van der Waals surface area contributed by atoms with E-state index in [0.29, 0.717) is 17.9 Å². The maximum Gasteiger partial charge on any atom is 0.258 e. The number of fused-ring (bicyclic) bond motifs is 2. The normalized spacial score (nSPS) is 17.0. The molecule has 1 N–H and O–H groups in total. The van der Waals surface area contributed by atoms with Crippen LogP contribution in [-0.2, 0) is 6.42 Å². The zero-order chi connectivity index (χ0) is 16.8. The minimum atomic E-state index is -0.357. The molecule has 5 rings (SSSR count). The van der Waals surface area contributed by atoms with Crippen molar-refractivity contribution in [1.82, 2.24) is 14.9 Å². The first-order chi connectivity index (χ1) is 12.3. The quantitative estimate of drug-likeness (QED) is 0.609. The number of nitrogens with zero attached hydrogens (tertiary/aromatic N) is 2. The number of hydrogen-bond donors (Lipinski definition) is 1. The van der Waals surface area contributed by atoms with Crippen molar-refractivity contribution in [3.8, 4) is 0 Å². The molecule has 0 saturated carbocycles. The van der Waals surface area contributed by atoms with E-state index in [9.17, 15) is 4.79 Å². The van der Waals surface area contributed by atoms with Crippen LogP contribution in [0.1, 0.15) is 33.5 Å². The topological polar surface area (TPSA) is 75.3 Å². The van der Waals surface area contributed by atoms with Gasteiger partial charge in [-0.2, -0.15) is 0 Å². The standard InChI is InChI=1S/C19H15N3O3/c23-19(13-6-8-24-10-13)22-7-5-14-17(21-11-20-14)18(22)16-9-12-3-1-2-4-15(12)25-16/h1-4,6,8-11,18H,5,7H2,(H,20,21)/t18-/m1/s1. The Morgan fingerprint density at radius 1 is 1.28 bits per heavy atom. The molecular weight excluding hydrogens is 318 g/mol. The first-order valence-corrected chi connectivity index (χ1v) is 8.15. The molecule has 6 nitrogen and oxygen atoms in total. The van der Waals surface area contributed by atoms with Crippen LogP contribution in [0.2, 0.25) is 0 Å². The molecule has 124 valence electrons. The zero-order valence-electron chi connectivity index (χ0n) is 13.3. The van der Waals surface area contributed by atoms with Gasteiger partial charge in [0.25, 0.3) is 5.91 Å². The summed E-state index contributed by atoms with van der Waals surface area (Å²) >= 11 is 0. The summed E-state index contributed by atoms with van der Waals surface area (Å²) < 4.78 is 11.1. The second-order valence-corrected chi connectivity index (χ2v) is 6.12. The summed E-state index contributed by atoms with van der Waals surface area (Å²) in [4.78, 5) is 22.4. The number of nitrogens with one attached hydrogen (secondary N) is 1. The fourth-order valence-electron chi connectivity index (χ4n) is 3.47. The molecule has 1 aliphatic rings. The molecule has 0 fully saturated rings. The fraction of sp³-hybridized carbons (Fsp3) is 0.158. The third-order valence-corrected chi connectivity index (χ3v) is 4.67. The van der Waals surface area contributed by atoms with Gasteiger partial charge in [-0.1, -0.05) is 18.2 Å². The number of hydrogen-bond acceptors (Lipinski definition) is 4. The van der Waals surface area contributed by atoms with E-state index in [4.69, 9.17) is 8.83 Å². The molecule has 0 saturated heterocycles. The minimum absolute atomic E-state index is 0.0899. The highest BCUT2D eigenvalue weighted by Gasteiger charge is 2.36. The largest absolute Gasteiger partial charge is 0.472 e. The Morgan fingerprint density at radius 3 is 3.04 bits per heavy atom. The van der Waals surface area contributed by atoms with Crippen LogP contribution >= 0.6 is 0 Å². The second kappa shape index (κ2) is 5.37. The van der Waals surface area contributed by atoms with Crippen molar-refractivity contribution < 1.29 is 13.6 Å². The number of imidazole rings is 1. The lowest BCUT2D eigenvalue weighted by Crippen LogP contribution is -2.40. The monoisotopic (exact) mass is 333 g/mol. The molecule has 0 aliphatic carbocycles. The summed E-state index contributed by atoms with van der Waals surface area (Å²) in [5.74, 6) is 0.624. The lowest BCUT2D eigenvalue weighted by molar-refractivity contribution is 0.0672. The van der Waals surface area contributed by atoms with Gasteiger partial charge in [0.2, 0.25) is 0 Å². The highest BCUT2D eigenvalue weighted by Crippen LogP contribution is 2.37. The van der Waals surface area contributed by atoms with Gasteiger partial charge in [-0.15, -0.1) is 0 Å². The van der Waals surface area contributed by atoms with Gasteiger partial charge in [0.1, 0.15) is 23.6 Å². The van der Waals surface area contributed by atoms with Crippen molar-refractivity contribution in [1.29, 1.82) is 0 Å². The molecule has 6 heteroatoms. The number of furan rings is 2. The predicted molar refractivity (Wildman–Crippen MR) is 90.1 cm³/mol. The molecule has 1 amide bonds. The average Bonchev–Trinajstić information content (AvgIpc) is 3.39. The predicted octanol–water partition coefficient (Wildman–Crippen LogP) is 3.54. The first kappa shape index (κ1) is 14.1. The molecule has 0 bridgehead atoms. The molecular formula is C19H15N3O3. The van der Waals surface area contributed by atoms with Crippen LogP contribution in [-0.4, -0.2) is 27.3 Å². The Bertz CT molecular complexity index is 1010. The zero-order valence-corrected chi connectivity index (χ0v) is 13.3. The van der Waals surface area contributed by atoms with Gasteiger partial charge in [-0.3, -0.25) is 4.79 Å². The molecule has 1 aromatic carbocycles. The van der Waals surface area contributed by atoms with Crippen LogP contribution in [0, 0.1) is 0 Å². The average molecular weight is 333 g/mol. The first-order valence-electron chi connectivity index (χ1n) is 8.15. The van der Waals surface area contributed by atoms with Gasteiger partial charge in [0.15, 0.2) is 0 Å². The number of aromatic amines is 1. The number of H-pyrrole nitrogens is 1. The Labute approximate surface area is 143 Å². The van der Waals surface area contributed by atoms with E-state index >= 15 is 0 Å². The van der Waals surface area contributed by atoms with Gasteiger partial charge in [0.05, 0.1) is 23.8 Å². The van der Waals surface area contributed by atoms with Crippen molar-refractivity contribution in [3.63, 3.8) is 0 Å². The van der Waals surface area contributed by atoms with E-state index in [0.717, 1.165) is 28.8 Å². The third-order valence-electron chi connectivity index (χ3n) is 4.67. The van der Waals surface area contributed by atoms with E-state index < -0.39 is 0 Å². The van der Waals surface area contributed by atoms with Crippen molar-refractivity contribution in [2.24, 2.45) is 0 Å². The molecule has 0 radical (unpaired) electrons. The maximum absolute atomic E-state index is 13.0. The van der Waals surface area contributed by atoms with Gasteiger partial charge >= 0.3 is 0 Å². The number of carbonyl (C=O) groups excluding carboxylic acids is 1. The van der Waals surface area contributed by atoms with Crippen molar-refractivity contribution in [2.75, 3.05) is 6.54 Å². The number of benzene rings is 1. The van der Waals surface area contributed by atoms with E-state index in [-0.39, 0.29) is 11.9 Å². The number of para-hydroxylation sites is 1. The Hall–Kier alpha value is -3.28. The SMILES string of the molecule is O=C(c1ccoc1)N1CCc2[nH]cnc2[C@H]1c1cc2ccccc2o1. The van der Waals surface area contributed by atoms with Gasteiger partial charge in [-0.25, -0.2) is 4.98 Å². The summed E-state index contributed by atoms with van der Waals surface area (Å²) in [6, 6.07) is 11.1. The van der Waals surface area contributed by atoms with Crippen molar-refractivity contribution >= 4 is 16.9 Å². The summed E-state index contributed by atoms with van der Waals surface area (Å²) in [6.45, 7) is 0.584. The molecule has 0 spiro atoms. The number of carbonyl (C=O) groups is 1. The van der Waals surface area contributed by atoms with E-state index in [1.54, 1.807) is 17.3 Å². The fourth-order valence-corrected chi connectivity index (χ4v) is 3.47. The van der Waals surface area contributed by atoms with Crippen LogP contribution in [0.15, 0.2) is 64.1 Å². The van der Waals surface area contributed by atoms with Gasteiger partial charge < -0.3 is 18.7 Å². The number of rotatable bonds is 2. The van der Waals surface area contributed by atoms with Gasteiger partial charge in [-0.05, 0) is 18.2 Å². The Morgan fingerprint density at radius 2 is 2.20 bits per heavy atom. The molecule has 1 aliphatic heterocycles. The third kappa shape index (κ3) is 2.18. The van der Waals surface area contributed by atoms with E-state index in [1.165, 1.54) is 12.5 Å². The molecule has 0 unspecified atom stereocenters. The van der Waals surface area contributed by atoms with E-state index in [2.05, 4.69) is 9.97 Å². The van der Waals surface area contributed by atoms with Crippen LogP contribution in [0.5, 0.6) is 0 Å². The molecule has 3 aromatic heterocycles. The highest BCUT2D eigenvalue weighted by molar-refractivity contribution is 5.94. The van der Waals surface area contributed by atoms with Crippen LogP contribution in [0.25, 0.3) is 11.0 Å². The summed E-state index contributed by atoms with van der Waals surface area (Å²) in [6.07, 6.45) is 5.38. The lowest BCUT2D eigenvalue weighted by atomic mass is 9.99. The van der Waals surface area contributed by atoms with Crippen LogP contribution < -0.4 is 0 Å². The molecule has 25 heavy (non-hydrogen) atoms. The van der Waals surface area contributed by atoms with Gasteiger partial charge in [0, 0.05) is 24.0 Å². The summed E-state index contributed by atoms with van der Waals surface area (Å²) in [5, 5.41) is 1.01. The second-order valence-electron chi connectivity index (χ2n) is 6.12. The Balaban J connectivity index is 1.64. The smallest absolute Gasteiger partial charge is 0.258 e. The molecule has 1 atom stereocenters. The molecule has 4 heterocycles. The number of aromatic nitrogens is 2.